The summed E-state index contributed by atoms with van der Waals surface area (Å²) >= 11 is 30.6. The summed E-state index contributed by atoms with van der Waals surface area (Å²) in [7, 11) is 0. The summed E-state index contributed by atoms with van der Waals surface area (Å²) in [4.78, 5) is 4.08. The Bertz CT molecular complexity index is 1020. The van der Waals surface area contributed by atoms with Gasteiger partial charge >= 0.3 is 0 Å². The van der Waals surface area contributed by atoms with Crippen LogP contribution >= 0.6 is 58.0 Å². The van der Waals surface area contributed by atoms with Crippen LogP contribution in [0.5, 0.6) is 5.75 Å². The molecule has 1 aliphatic heterocycles. The van der Waals surface area contributed by atoms with Crippen LogP contribution in [0.25, 0.3) is 0 Å². The normalized spacial score (nSPS) is 21.2. The van der Waals surface area contributed by atoms with E-state index in [4.69, 9.17) is 72.2 Å². The molecule has 1 aliphatic rings. The molecule has 30 heavy (non-hydrogen) atoms. The molecule has 0 radical (unpaired) electrons. The highest BCUT2D eigenvalue weighted by atomic mass is 35.5. The third kappa shape index (κ3) is 4.68. The standard InChI is InChI=1S/C20H15Cl5N2O3/c21-12-1-2-15(16(22)5-12)20(10-27-4-3-26-11-27)29-9-14(30-20)8-28-13-6-17(23)19(25)18(24)7-13/h1-7,11,14H,8-10H2. The molecule has 1 saturated heterocycles. The lowest BCUT2D eigenvalue weighted by Crippen LogP contribution is -2.34. The maximum atomic E-state index is 6.47. The van der Waals surface area contributed by atoms with Crippen molar-refractivity contribution in [1.29, 1.82) is 0 Å². The second-order valence-corrected chi connectivity index (χ2v) is 8.71. The Labute approximate surface area is 198 Å². The first-order valence-electron chi connectivity index (χ1n) is 8.87. The second kappa shape index (κ2) is 9.13. The minimum Gasteiger partial charge on any atom is -0.491 e. The zero-order chi connectivity index (χ0) is 21.3. The van der Waals surface area contributed by atoms with Crippen LogP contribution in [0, 0.1) is 0 Å². The first-order chi connectivity index (χ1) is 14.4. The monoisotopic (exact) mass is 506 g/mol. The number of aromatic nitrogens is 2. The van der Waals surface area contributed by atoms with Gasteiger partial charge in [0, 0.05) is 35.1 Å². The lowest BCUT2D eigenvalue weighted by atomic mass is 10.1. The Hall–Kier alpha value is -1.18. The smallest absolute Gasteiger partial charge is 0.215 e. The van der Waals surface area contributed by atoms with Gasteiger partial charge in [-0.3, -0.25) is 0 Å². The van der Waals surface area contributed by atoms with Crippen molar-refractivity contribution in [3.8, 4) is 5.75 Å². The van der Waals surface area contributed by atoms with Crippen molar-refractivity contribution in [2.24, 2.45) is 0 Å². The van der Waals surface area contributed by atoms with Gasteiger partial charge in [-0.2, -0.15) is 0 Å². The van der Waals surface area contributed by atoms with E-state index < -0.39 is 5.79 Å². The predicted octanol–water partition coefficient (Wildman–Crippen LogP) is 6.50. The van der Waals surface area contributed by atoms with Crippen LogP contribution in [0.3, 0.4) is 0 Å². The largest absolute Gasteiger partial charge is 0.491 e. The number of ether oxygens (including phenoxy) is 3. The third-order valence-corrected chi connectivity index (χ3v) is 6.29. The van der Waals surface area contributed by atoms with E-state index in [1.165, 1.54) is 0 Å². The Morgan fingerprint density at radius 3 is 2.50 bits per heavy atom. The molecule has 2 aromatic carbocycles. The zero-order valence-corrected chi connectivity index (χ0v) is 19.1. The Balaban J connectivity index is 1.54. The van der Waals surface area contributed by atoms with Gasteiger partial charge in [-0.25, -0.2) is 4.98 Å². The maximum absolute atomic E-state index is 6.47. The Kier molecular flexibility index (Phi) is 6.70. The van der Waals surface area contributed by atoms with E-state index in [1.54, 1.807) is 42.9 Å². The van der Waals surface area contributed by atoms with Crippen molar-refractivity contribution >= 4 is 58.0 Å². The second-order valence-electron chi connectivity index (χ2n) is 6.67. The molecule has 158 valence electrons. The van der Waals surface area contributed by atoms with Crippen molar-refractivity contribution in [2.45, 2.75) is 18.4 Å². The topological polar surface area (TPSA) is 45.5 Å². The Morgan fingerprint density at radius 1 is 1.07 bits per heavy atom. The van der Waals surface area contributed by atoms with Crippen LogP contribution in [0.4, 0.5) is 0 Å². The minimum absolute atomic E-state index is 0.213. The SMILES string of the molecule is Clc1ccc(C2(Cn3ccnc3)OCC(COc3cc(Cl)c(Cl)c(Cl)c3)O2)c(Cl)c1. The fourth-order valence-electron chi connectivity index (χ4n) is 3.18. The minimum atomic E-state index is -1.12. The van der Waals surface area contributed by atoms with Crippen molar-refractivity contribution < 1.29 is 14.2 Å². The summed E-state index contributed by atoms with van der Waals surface area (Å²) in [6.07, 6.45) is 4.81. The van der Waals surface area contributed by atoms with E-state index in [-0.39, 0.29) is 17.7 Å². The first-order valence-corrected chi connectivity index (χ1v) is 10.8. The molecule has 0 saturated carbocycles. The van der Waals surface area contributed by atoms with E-state index in [9.17, 15) is 0 Å². The molecule has 2 atom stereocenters. The Morgan fingerprint density at radius 2 is 1.83 bits per heavy atom. The van der Waals surface area contributed by atoms with E-state index >= 15 is 0 Å². The summed E-state index contributed by atoms with van der Waals surface area (Å²) in [5.41, 5.74) is 0.669. The molecule has 0 spiro atoms. The van der Waals surface area contributed by atoms with E-state index in [0.717, 1.165) is 0 Å². The molecular weight excluding hydrogens is 493 g/mol. The highest BCUT2D eigenvalue weighted by Gasteiger charge is 2.45. The quantitative estimate of drug-likeness (QED) is 0.357. The molecule has 4 rings (SSSR count). The summed E-state index contributed by atoms with van der Waals surface area (Å²) in [5, 5.41) is 1.87. The highest BCUT2D eigenvalue weighted by molar-refractivity contribution is 6.48. The van der Waals surface area contributed by atoms with Gasteiger partial charge < -0.3 is 18.8 Å². The zero-order valence-electron chi connectivity index (χ0n) is 15.3. The molecule has 0 N–H and O–H groups in total. The average Bonchev–Trinajstić information content (AvgIpc) is 3.35. The van der Waals surface area contributed by atoms with E-state index in [1.807, 2.05) is 10.8 Å². The first kappa shape index (κ1) is 22.0. The van der Waals surface area contributed by atoms with Crippen LogP contribution in [0.15, 0.2) is 49.1 Å². The van der Waals surface area contributed by atoms with Crippen LogP contribution in [0.2, 0.25) is 25.1 Å². The van der Waals surface area contributed by atoms with Crippen LogP contribution < -0.4 is 4.74 Å². The summed E-state index contributed by atoms with van der Waals surface area (Å²) in [5.74, 6) is -0.638. The number of hydrogen-bond donors (Lipinski definition) is 0. The van der Waals surface area contributed by atoms with Gasteiger partial charge in [0.25, 0.3) is 0 Å². The number of halogens is 5. The van der Waals surface area contributed by atoms with Crippen LogP contribution in [0.1, 0.15) is 5.56 Å². The van der Waals surface area contributed by atoms with Gasteiger partial charge in [0.15, 0.2) is 0 Å². The number of hydrogen-bond acceptors (Lipinski definition) is 4. The molecule has 2 unspecified atom stereocenters. The van der Waals surface area contributed by atoms with Crippen molar-refractivity contribution in [2.75, 3.05) is 13.2 Å². The van der Waals surface area contributed by atoms with Gasteiger partial charge in [0.05, 0.1) is 39.6 Å². The van der Waals surface area contributed by atoms with E-state index in [0.29, 0.717) is 44.6 Å². The van der Waals surface area contributed by atoms with Gasteiger partial charge in [-0.15, -0.1) is 0 Å². The van der Waals surface area contributed by atoms with Gasteiger partial charge in [0.1, 0.15) is 18.5 Å². The van der Waals surface area contributed by atoms with Crippen LogP contribution in [-0.4, -0.2) is 28.9 Å². The number of benzene rings is 2. The summed E-state index contributed by atoms with van der Waals surface area (Å²) in [6, 6.07) is 8.39. The molecule has 0 bridgehead atoms. The number of rotatable bonds is 6. The highest BCUT2D eigenvalue weighted by Crippen LogP contribution is 2.41. The molecule has 3 aromatic rings. The third-order valence-electron chi connectivity index (χ3n) is 4.54. The molecule has 2 heterocycles. The molecule has 5 nitrogen and oxygen atoms in total. The molecule has 0 aliphatic carbocycles. The van der Waals surface area contributed by atoms with Gasteiger partial charge in [0.2, 0.25) is 5.79 Å². The summed E-state index contributed by atoms with van der Waals surface area (Å²) < 4.78 is 20.1. The average molecular weight is 509 g/mol. The molecule has 10 heteroatoms. The predicted molar refractivity (Wildman–Crippen MR) is 118 cm³/mol. The van der Waals surface area contributed by atoms with Crippen molar-refractivity contribution in [3.05, 3.63) is 79.7 Å². The molecule has 1 aromatic heterocycles. The van der Waals surface area contributed by atoms with Crippen LogP contribution in [-0.2, 0) is 21.8 Å². The maximum Gasteiger partial charge on any atom is 0.215 e. The summed E-state index contributed by atoms with van der Waals surface area (Å²) in [6.45, 7) is 0.858. The van der Waals surface area contributed by atoms with Gasteiger partial charge in [-0.1, -0.05) is 64.1 Å². The molecule has 1 fully saturated rings. The van der Waals surface area contributed by atoms with Crippen molar-refractivity contribution in [3.63, 3.8) is 0 Å². The fourth-order valence-corrected chi connectivity index (χ4v) is 4.31. The van der Waals surface area contributed by atoms with Gasteiger partial charge in [-0.05, 0) is 12.1 Å². The molecular formula is C20H15Cl5N2O3. The lowest BCUT2D eigenvalue weighted by Gasteiger charge is -2.30. The number of imidazole rings is 1. The van der Waals surface area contributed by atoms with E-state index in [2.05, 4.69) is 4.98 Å². The lowest BCUT2D eigenvalue weighted by molar-refractivity contribution is -0.189. The van der Waals surface area contributed by atoms with Crippen molar-refractivity contribution in [1.82, 2.24) is 9.55 Å². The molecule has 0 amide bonds. The number of nitrogens with zero attached hydrogens (tertiary/aromatic N) is 2. The fraction of sp³-hybridized carbons (Fsp3) is 0.250.